The average molecular weight is 333 g/mol. The average Bonchev–Trinajstić information content (AvgIpc) is 2.69. The van der Waals surface area contributed by atoms with Crippen molar-refractivity contribution >= 4 is 11.6 Å². The van der Waals surface area contributed by atoms with E-state index in [1.54, 1.807) is 24.5 Å². The molecule has 0 amide bonds. The Hall–Kier alpha value is -3.15. The first-order valence-electron chi connectivity index (χ1n) is 8.32. The van der Waals surface area contributed by atoms with Crippen molar-refractivity contribution < 1.29 is 5.11 Å². The van der Waals surface area contributed by atoms with Gasteiger partial charge in [-0.1, -0.05) is 18.2 Å². The second-order valence-electron chi connectivity index (χ2n) is 5.97. The Kier molecular flexibility index (Phi) is 4.16. The summed E-state index contributed by atoms with van der Waals surface area (Å²) in [5.41, 5.74) is 1.63. The molecule has 6 heteroatoms. The summed E-state index contributed by atoms with van der Waals surface area (Å²) >= 11 is 0. The highest BCUT2D eigenvalue weighted by Gasteiger charge is 2.19. The molecule has 1 aliphatic heterocycles. The normalized spacial score (nSPS) is 14.6. The molecule has 4 rings (SSSR count). The molecule has 126 valence electrons. The number of hydrogen-bond donors (Lipinski definition) is 1. The minimum atomic E-state index is 0.230. The standard InChI is InChI=1S/C19H19N5O/c25-16-5-3-4-15(12-16)17-13-20-14-19(22-17)24-10-8-23(9-11-24)18-6-1-2-7-21-18/h1-7,12-14,25H,8-11H2. The molecule has 1 aromatic carbocycles. The smallest absolute Gasteiger partial charge is 0.147 e. The second-order valence-corrected chi connectivity index (χ2v) is 5.97. The van der Waals surface area contributed by atoms with Crippen LogP contribution in [0.1, 0.15) is 0 Å². The lowest BCUT2D eigenvalue weighted by molar-refractivity contribution is 0.475. The first kappa shape index (κ1) is 15.4. The van der Waals surface area contributed by atoms with Gasteiger partial charge in [0, 0.05) is 37.9 Å². The van der Waals surface area contributed by atoms with Crippen LogP contribution in [0.4, 0.5) is 11.6 Å². The van der Waals surface area contributed by atoms with Gasteiger partial charge in [0.1, 0.15) is 17.4 Å². The van der Waals surface area contributed by atoms with Crippen LogP contribution in [0, 0.1) is 0 Å². The van der Waals surface area contributed by atoms with Gasteiger partial charge in [-0.3, -0.25) is 4.98 Å². The van der Waals surface area contributed by atoms with Gasteiger partial charge in [-0.05, 0) is 24.3 Å². The largest absolute Gasteiger partial charge is 0.508 e. The summed E-state index contributed by atoms with van der Waals surface area (Å²) in [6.45, 7) is 3.54. The van der Waals surface area contributed by atoms with E-state index >= 15 is 0 Å². The highest BCUT2D eigenvalue weighted by atomic mass is 16.3. The number of benzene rings is 1. The lowest BCUT2D eigenvalue weighted by atomic mass is 10.1. The maximum Gasteiger partial charge on any atom is 0.147 e. The van der Waals surface area contributed by atoms with Crippen LogP contribution in [-0.4, -0.2) is 46.2 Å². The fourth-order valence-corrected chi connectivity index (χ4v) is 3.02. The summed E-state index contributed by atoms with van der Waals surface area (Å²) in [5, 5.41) is 9.66. The summed E-state index contributed by atoms with van der Waals surface area (Å²) in [6, 6.07) is 13.1. The SMILES string of the molecule is Oc1cccc(-c2cncc(N3CCN(c4ccccn4)CC3)n2)c1. The lowest BCUT2D eigenvalue weighted by Crippen LogP contribution is -2.47. The van der Waals surface area contributed by atoms with Gasteiger partial charge in [0.25, 0.3) is 0 Å². The van der Waals surface area contributed by atoms with E-state index in [-0.39, 0.29) is 5.75 Å². The molecule has 0 aliphatic carbocycles. The predicted molar refractivity (Wildman–Crippen MR) is 97.8 cm³/mol. The summed E-state index contributed by atoms with van der Waals surface area (Å²) in [5.74, 6) is 2.11. The molecular formula is C19H19N5O. The number of pyridine rings is 1. The maximum atomic E-state index is 9.66. The molecule has 25 heavy (non-hydrogen) atoms. The Morgan fingerprint density at radius 3 is 2.36 bits per heavy atom. The Morgan fingerprint density at radius 1 is 0.840 bits per heavy atom. The molecular weight excluding hydrogens is 314 g/mol. The van der Waals surface area contributed by atoms with E-state index < -0.39 is 0 Å². The molecule has 0 saturated carbocycles. The quantitative estimate of drug-likeness (QED) is 0.795. The Labute approximate surface area is 146 Å². The molecule has 2 aromatic heterocycles. The molecule has 3 aromatic rings. The van der Waals surface area contributed by atoms with Gasteiger partial charge in [-0.15, -0.1) is 0 Å². The molecule has 3 heterocycles. The van der Waals surface area contributed by atoms with Crippen molar-refractivity contribution in [2.24, 2.45) is 0 Å². The highest BCUT2D eigenvalue weighted by molar-refractivity contribution is 5.62. The van der Waals surface area contributed by atoms with E-state index in [1.807, 2.05) is 36.5 Å². The Morgan fingerprint density at radius 2 is 1.64 bits per heavy atom. The van der Waals surface area contributed by atoms with Crippen LogP contribution < -0.4 is 9.80 Å². The molecule has 0 atom stereocenters. The van der Waals surface area contributed by atoms with Gasteiger partial charge >= 0.3 is 0 Å². The van der Waals surface area contributed by atoms with Crippen molar-refractivity contribution in [3.8, 4) is 17.0 Å². The van der Waals surface area contributed by atoms with Crippen LogP contribution in [0.5, 0.6) is 5.75 Å². The number of piperazine rings is 1. The third-order valence-electron chi connectivity index (χ3n) is 4.34. The number of hydrogen-bond acceptors (Lipinski definition) is 6. The van der Waals surface area contributed by atoms with E-state index in [0.717, 1.165) is 49.1 Å². The van der Waals surface area contributed by atoms with E-state index in [9.17, 15) is 5.11 Å². The Balaban J connectivity index is 1.49. The van der Waals surface area contributed by atoms with Gasteiger partial charge in [0.2, 0.25) is 0 Å². The number of aromatic hydroxyl groups is 1. The van der Waals surface area contributed by atoms with Gasteiger partial charge < -0.3 is 14.9 Å². The fourth-order valence-electron chi connectivity index (χ4n) is 3.02. The number of rotatable bonds is 3. The third-order valence-corrected chi connectivity index (χ3v) is 4.34. The maximum absolute atomic E-state index is 9.66. The zero-order chi connectivity index (χ0) is 17.1. The van der Waals surface area contributed by atoms with Crippen LogP contribution in [0.2, 0.25) is 0 Å². The van der Waals surface area contributed by atoms with Crippen LogP contribution in [0.3, 0.4) is 0 Å². The number of nitrogens with zero attached hydrogens (tertiary/aromatic N) is 5. The van der Waals surface area contributed by atoms with E-state index in [1.165, 1.54) is 0 Å². The summed E-state index contributed by atoms with van der Waals surface area (Å²) < 4.78 is 0. The number of phenolic OH excluding ortho intramolecular Hbond substituents is 1. The van der Waals surface area contributed by atoms with Gasteiger partial charge in [0.15, 0.2) is 0 Å². The number of phenols is 1. The zero-order valence-corrected chi connectivity index (χ0v) is 13.8. The third kappa shape index (κ3) is 3.38. The minimum absolute atomic E-state index is 0.230. The predicted octanol–water partition coefficient (Wildman–Crippen LogP) is 2.57. The molecule has 0 spiro atoms. The Bertz CT molecular complexity index is 847. The molecule has 0 radical (unpaired) electrons. The lowest BCUT2D eigenvalue weighted by Gasteiger charge is -2.35. The number of anilines is 2. The summed E-state index contributed by atoms with van der Waals surface area (Å²) in [7, 11) is 0. The topological polar surface area (TPSA) is 65.4 Å². The van der Waals surface area contributed by atoms with E-state index in [4.69, 9.17) is 4.98 Å². The van der Waals surface area contributed by atoms with Gasteiger partial charge in [-0.25, -0.2) is 9.97 Å². The van der Waals surface area contributed by atoms with Gasteiger partial charge in [-0.2, -0.15) is 0 Å². The molecule has 1 aliphatic rings. The van der Waals surface area contributed by atoms with Crippen molar-refractivity contribution in [2.45, 2.75) is 0 Å². The molecule has 0 unspecified atom stereocenters. The van der Waals surface area contributed by atoms with Crippen LogP contribution in [0.25, 0.3) is 11.3 Å². The monoisotopic (exact) mass is 333 g/mol. The first-order valence-corrected chi connectivity index (χ1v) is 8.32. The van der Waals surface area contributed by atoms with Crippen LogP contribution in [-0.2, 0) is 0 Å². The fraction of sp³-hybridized carbons (Fsp3) is 0.211. The summed E-state index contributed by atoms with van der Waals surface area (Å²) in [6.07, 6.45) is 5.34. The van der Waals surface area contributed by atoms with Crippen molar-refractivity contribution in [1.29, 1.82) is 0 Å². The van der Waals surface area contributed by atoms with E-state index in [0.29, 0.717) is 0 Å². The van der Waals surface area contributed by atoms with Crippen molar-refractivity contribution in [2.75, 3.05) is 36.0 Å². The second kappa shape index (κ2) is 6.76. The molecule has 6 nitrogen and oxygen atoms in total. The highest BCUT2D eigenvalue weighted by Crippen LogP contribution is 2.23. The zero-order valence-electron chi connectivity index (χ0n) is 13.8. The van der Waals surface area contributed by atoms with Crippen molar-refractivity contribution in [3.63, 3.8) is 0 Å². The number of aromatic nitrogens is 3. The first-order chi connectivity index (χ1) is 12.3. The molecule has 0 bridgehead atoms. The van der Waals surface area contributed by atoms with E-state index in [2.05, 4.69) is 19.8 Å². The molecule has 1 N–H and O–H groups in total. The van der Waals surface area contributed by atoms with Gasteiger partial charge in [0.05, 0.1) is 18.1 Å². The minimum Gasteiger partial charge on any atom is -0.508 e. The van der Waals surface area contributed by atoms with Crippen LogP contribution >= 0.6 is 0 Å². The van der Waals surface area contributed by atoms with Crippen molar-refractivity contribution in [3.05, 3.63) is 61.1 Å². The molecule has 1 fully saturated rings. The summed E-state index contributed by atoms with van der Waals surface area (Å²) in [4.78, 5) is 18.0. The van der Waals surface area contributed by atoms with Crippen molar-refractivity contribution in [1.82, 2.24) is 15.0 Å². The molecule has 1 saturated heterocycles. The van der Waals surface area contributed by atoms with Crippen LogP contribution in [0.15, 0.2) is 61.1 Å².